The fourth-order valence-corrected chi connectivity index (χ4v) is 4.11. The first kappa shape index (κ1) is 18.0. The lowest BCUT2D eigenvalue weighted by Gasteiger charge is -2.36. The predicted molar refractivity (Wildman–Crippen MR) is 98.3 cm³/mol. The van der Waals surface area contributed by atoms with Crippen LogP contribution in [-0.2, 0) is 9.59 Å². The number of carbonyl (C=O) groups excluding carboxylic acids is 2. The van der Waals surface area contributed by atoms with Crippen LogP contribution in [0.2, 0.25) is 0 Å². The highest BCUT2D eigenvalue weighted by atomic mass is 32.2. The lowest BCUT2D eigenvalue weighted by atomic mass is 10.2. The molecule has 25 heavy (non-hydrogen) atoms. The van der Waals surface area contributed by atoms with E-state index in [4.69, 9.17) is 0 Å². The molecule has 0 atom stereocenters. The maximum Gasteiger partial charge on any atom is 0.223 e. The van der Waals surface area contributed by atoms with E-state index in [1.165, 1.54) is 12.1 Å². The molecule has 1 aromatic rings. The minimum Gasteiger partial charge on any atom is -0.368 e. The normalized spacial score (nSPS) is 18.4. The second-order valence-electron chi connectivity index (χ2n) is 6.34. The summed E-state index contributed by atoms with van der Waals surface area (Å²) in [5.41, 5.74) is 0.978. The number of piperazine rings is 1. The molecule has 2 aliphatic heterocycles. The van der Waals surface area contributed by atoms with E-state index in [0.717, 1.165) is 43.4 Å². The summed E-state index contributed by atoms with van der Waals surface area (Å²) in [6.07, 6.45) is 0.598. The first-order valence-corrected chi connectivity index (χ1v) is 9.93. The summed E-state index contributed by atoms with van der Waals surface area (Å²) >= 11 is 1.87. The van der Waals surface area contributed by atoms with Gasteiger partial charge in [0.05, 0.1) is 0 Å². The van der Waals surface area contributed by atoms with E-state index in [0.29, 0.717) is 25.9 Å². The van der Waals surface area contributed by atoms with E-state index in [-0.39, 0.29) is 17.6 Å². The SMILES string of the molecule is O=C(CCC(=O)N1CCN(c2ccc(F)cc2)CC1)N1CCSCC1. The molecule has 0 spiro atoms. The van der Waals surface area contributed by atoms with Crippen LogP contribution in [0.25, 0.3) is 0 Å². The van der Waals surface area contributed by atoms with Crippen LogP contribution in [0.5, 0.6) is 0 Å². The molecule has 0 unspecified atom stereocenters. The summed E-state index contributed by atoms with van der Waals surface area (Å²) < 4.78 is 13.0. The summed E-state index contributed by atoms with van der Waals surface area (Å²) in [4.78, 5) is 30.4. The molecule has 136 valence electrons. The Balaban J connectivity index is 1.42. The largest absolute Gasteiger partial charge is 0.368 e. The van der Waals surface area contributed by atoms with Gasteiger partial charge in [-0.1, -0.05) is 0 Å². The number of anilines is 1. The number of benzene rings is 1. The van der Waals surface area contributed by atoms with Gasteiger partial charge in [0.15, 0.2) is 0 Å². The van der Waals surface area contributed by atoms with Crippen molar-refractivity contribution in [2.24, 2.45) is 0 Å². The molecular weight excluding hydrogens is 341 g/mol. The Morgan fingerprint density at radius 3 is 1.92 bits per heavy atom. The molecule has 2 aliphatic rings. The first-order chi connectivity index (χ1) is 12.1. The highest BCUT2D eigenvalue weighted by Crippen LogP contribution is 2.17. The topological polar surface area (TPSA) is 43.9 Å². The van der Waals surface area contributed by atoms with E-state index in [1.54, 1.807) is 12.1 Å². The van der Waals surface area contributed by atoms with Gasteiger partial charge in [-0.15, -0.1) is 0 Å². The molecule has 0 aliphatic carbocycles. The molecule has 2 fully saturated rings. The van der Waals surface area contributed by atoms with Crippen LogP contribution < -0.4 is 4.90 Å². The van der Waals surface area contributed by atoms with Crippen molar-refractivity contribution in [3.8, 4) is 0 Å². The van der Waals surface area contributed by atoms with Crippen LogP contribution in [0, 0.1) is 5.82 Å². The lowest BCUT2D eigenvalue weighted by molar-refractivity contribution is -0.137. The number of rotatable bonds is 4. The summed E-state index contributed by atoms with van der Waals surface area (Å²) in [7, 11) is 0. The monoisotopic (exact) mass is 365 g/mol. The highest BCUT2D eigenvalue weighted by Gasteiger charge is 2.23. The van der Waals surface area contributed by atoms with Crippen molar-refractivity contribution >= 4 is 29.3 Å². The van der Waals surface area contributed by atoms with E-state index >= 15 is 0 Å². The zero-order chi connectivity index (χ0) is 17.6. The zero-order valence-electron chi connectivity index (χ0n) is 14.3. The molecule has 2 saturated heterocycles. The van der Waals surface area contributed by atoms with Crippen molar-refractivity contribution < 1.29 is 14.0 Å². The van der Waals surface area contributed by atoms with Crippen LogP contribution in [0.3, 0.4) is 0 Å². The summed E-state index contributed by atoms with van der Waals surface area (Å²) in [5.74, 6) is 1.89. The van der Waals surface area contributed by atoms with Gasteiger partial charge in [0.25, 0.3) is 0 Å². The molecule has 0 radical (unpaired) electrons. The molecule has 5 nitrogen and oxygen atoms in total. The number of nitrogens with zero attached hydrogens (tertiary/aromatic N) is 3. The molecule has 3 rings (SSSR count). The van der Waals surface area contributed by atoms with Crippen molar-refractivity contribution in [2.45, 2.75) is 12.8 Å². The van der Waals surface area contributed by atoms with Gasteiger partial charge >= 0.3 is 0 Å². The van der Waals surface area contributed by atoms with Gasteiger partial charge in [-0.05, 0) is 24.3 Å². The van der Waals surface area contributed by atoms with E-state index < -0.39 is 0 Å². The summed E-state index contributed by atoms with van der Waals surface area (Å²) in [6.45, 7) is 4.35. The third-order valence-electron chi connectivity index (χ3n) is 4.74. The van der Waals surface area contributed by atoms with Crippen LogP contribution in [0.4, 0.5) is 10.1 Å². The molecule has 0 bridgehead atoms. The third-order valence-corrected chi connectivity index (χ3v) is 5.68. The predicted octanol–water partition coefficient (Wildman–Crippen LogP) is 1.83. The Morgan fingerprint density at radius 2 is 1.36 bits per heavy atom. The molecule has 0 aromatic heterocycles. The molecule has 7 heteroatoms. The van der Waals surface area contributed by atoms with E-state index in [2.05, 4.69) is 4.90 Å². The van der Waals surface area contributed by atoms with Crippen molar-refractivity contribution in [1.29, 1.82) is 0 Å². The van der Waals surface area contributed by atoms with Crippen LogP contribution in [0.1, 0.15) is 12.8 Å². The van der Waals surface area contributed by atoms with E-state index in [1.807, 2.05) is 21.6 Å². The fourth-order valence-electron chi connectivity index (χ4n) is 3.21. The fraction of sp³-hybridized carbons (Fsp3) is 0.556. The van der Waals surface area contributed by atoms with Gasteiger partial charge in [-0.25, -0.2) is 4.39 Å². The van der Waals surface area contributed by atoms with Crippen LogP contribution in [-0.4, -0.2) is 72.4 Å². The number of amides is 2. The van der Waals surface area contributed by atoms with Crippen LogP contribution in [0.15, 0.2) is 24.3 Å². The van der Waals surface area contributed by atoms with Gasteiger partial charge in [0, 0.05) is 69.3 Å². The second kappa shape index (κ2) is 8.56. The zero-order valence-corrected chi connectivity index (χ0v) is 15.1. The van der Waals surface area contributed by atoms with Crippen molar-refractivity contribution in [2.75, 3.05) is 55.7 Å². The number of hydrogen-bond acceptors (Lipinski definition) is 4. The average molecular weight is 365 g/mol. The van der Waals surface area contributed by atoms with Gasteiger partial charge in [0.1, 0.15) is 5.82 Å². The smallest absolute Gasteiger partial charge is 0.223 e. The third kappa shape index (κ3) is 4.87. The second-order valence-corrected chi connectivity index (χ2v) is 7.56. The average Bonchev–Trinajstić information content (AvgIpc) is 2.67. The Morgan fingerprint density at radius 1 is 0.840 bits per heavy atom. The lowest BCUT2D eigenvalue weighted by Crippen LogP contribution is -2.49. The van der Waals surface area contributed by atoms with Gasteiger partial charge in [-0.2, -0.15) is 11.8 Å². The Bertz CT molecular complexity index is 597. The van der Waals surface area contributed by atoms with Crippen molar-refractivity contribution in [3.63, 3.8) is 0 Å². The number of carbonyl (C=O) groups is 2. The first-order valence-electron chi connectivity index (χ1n) is 8.77. The van der Waals surface area contributed by atoms with Crippen LogP contribution >= 0.6 is 11.8 Å². The summed E-state index contributed by atoms with van der Waals surface area (Å²) in [5, 5.41) is 0. The van der Waals surface area contributed by atoms with E-state index in [9.17, 15) is 14.0 Å². The number of hydrogen-bond donors (Lipinski definition) is 0. The molecule has 0 saturated carbocycles. The molecular formula is C18H24FN3O2S. The standard InChI is InChI=1S/C18H24FN3O2S/c19-15-1-3-16(4-2-15)20-7-9-21(10-8-20)17(23)5-6-18(24)22-11-13-25-14-12-22/h1-4H,5-14H2. The van der Waals surface area contributed by atoms with Gasteiger partial charge < -0.3 is 14.7 Å². The molecule has 2 heterocycles. The highest BCUT2D eigenvalue weighted by molar-refractivity contribution is 7.99. The molecule has 1 aromatic carbocycles. The van der Waals surface area contributed by atoms with Gasteiger partial charge in [-0.3, -0.25) is 9.59 Å². The van der Waals surface area contributed by atoms with Crippen molar-refractivity contribution in [3.05, 3.63) is 30.1 Å². The maximum atomic E-state index is 13.0. The Kier molecular flexibility index (Phi) is 6.18. The maximum absolute atomic E-state index is 13.0. The quantitative estimate of drug-likeness (QED) is 0.817. The number of halogens is 1. The van der Waals surface area contributed by atoms with Gasteiger partial charge in [0.2, 0.25) is 11.8 Å². The Labute approximate surface area is 152 Å². The molecule has 0 N–H and O–H groups in total. The minimum absolute atomic E-state index is 0.0542. The summed E-state index contributed by atoms with van der Waals surface area (Å²) in [6, 6.07) is 6.44. The van der Waals surface area contributed by atoms with Crippen molar-refractivity contribution in [1.82, 2.24) is 9.80 Å². The number of thioether (sulfide) groups is 1. The minimum atomic E-state index is -0.241. The Hall–Kier alpha value is -1.76. The molecule has 2 amide bonds.